The van der Waals surface area contributed by atoms with E-state index in [0.29, 0.717) is 55.5 Å². The third-order valence-corrected chi connectivity index (χ3v) is 13.5. The van der Waals surface area contributed by atoms with Crippen molar-refractivity contribution in [2.24, 2.45) is 0 Å². The second-order valence-corrected chi connectivity index (χ2v) is 18.8. The zero-order valence-electron chi connectivity index (χ0n) is 39.6. The molecule has 3 aliphatic carbocycles. The lowest BCUT2D eigenvalue weighted by atomic mass is 9.98. The molecule has 6 fully saturated rings. The number of anilines is 4. The topological polar surface area (TPSA) is 203 Å². The number of amides is 6. The lowest BCUT2D eigenvalue weighted by Crippen LogP contribution is -2.50. The van der Waals surface area contributed by atoms with E-state index in [1.165, 1.54) is 0 Å². The summed E-state index contributed by atoms with van der Waals surface area (Å²) >= 11 is 0. The first kappa shape index (κ1) is 46.7. The normalized spacial score (nSPS) is 19.4. The van der Waals surface area contributed by atoms with E-state index in [9.17, 15) is 19.2 Å². The van der Waals surface area contributed by atoms with Crippen molar-refractivity contribution >= 4 is 46.9 Å². The Kier molecular flexibility index (Phi) is 13.7. The summed E-state index contributed by atoms with van der Waals surface area (Å²) in [5.41, 5.74) is 3.53. The third-order valence-electron chi connectivity index (χ3n) is 13.5. The molecular weight excluding hydrogens is 867 g/mol. The molecule has 2 aromatic heterocycles. The van der Waals surface area contributed by atoms with E-state index < -0.39 is 10.8 Å². The molecule has 6 amide bonds. The van der Waals surface area contributed by atoms with Gasteiger partial charge in [0.15, 0.2) is 11.6 Å². The minimum atomic E-state index is -0.565. The Morgan fingerprint density at radius 1 is 0.618 bits per heavy atom. The van der Waals surface area contributed by atoms with Gasteiger partial charge in [-0.1, -0.05) is 0 Å². The smallest absolute Gasteiger partial charge is 0.319 e. The molecule has 0 bridgehead atoms. The number of hydrogen-bond acceptors (Lipinski definition) is 13. The third kappa shape index (κ3) is 10.6. The molecule has 360 valence electrons. The minimum Gasteiger partial charge on any atom is -0.378 e. The van der Waals surface area contributed by atoms with E-state index in [1.54, 1.807) is 26.0 Å². The van der Waals surface area contributed by atoms with Crippen LogP contribution in [0.3, 0.4) is 0 Å². The fraction of sp³-hybridized carbons (Fsp3) is 0.510. The van der Waals surface area contributed by atoms with E-state index in [-0.39, 0.29) is 23.9 Å². The number of urea groups is 2. The van der Waals surface area contributed by atoms with Gasteiger partial charge in [0.25, 0.3) is 0 Å². The molecule has 0 radical (unpaired) electrons. The summed E-state index contributed by atoms with van der Waals surface area (Å²) in [5, 5.41) is 11.1. The van der Waals surface area contributed by atoms with E-state index in [0.717, 1.165) is 125 Å². The number of hydrogen-bond donors (Lipinski definition) is 4. The molecule has 19 nitrogen and oxygen atoms in total. The minimum absolute atomic E-state index is 0.0845. The highest BCUT2D eigenvalue weighted by atomic mass is 16.5. The number of rotatable bonds is 11. The summed E-state index contributed by atoms with van der Waals surface area (Å²) in [4.78, 5) is 80.1. The number of carbonyl (C=O) groups is 4. The van der Waals surface area contributed by atoms with Crippen LogP contribution in [0.2, 0.25) is 0 Å². The van der Waals surface area contributed by atoms with Crippen molar-refractivity contribution in [3.63, 3.8) is 0 Å². The maximum absolute atomic E-state index is 13.7. The fourth-order valence-corrected chi connectivity index (χ4v) is 8.85. The molecule has 3 saturated carbocycles. The van der Waals surface area contributed by atoms with Crippen molar-refractivity contribution in [1.82, 2.24) is 45.3 Å². The maximum atomic E-state index is 13.7. The number of aromatic nitrogens is 4. The number of piperazine rings is 1. The molecule has 10 rings (SSSR count). The summed E-state index contributed by atoms with van der Waals surface area (Å²) in [6, 6.07) is 18.8. The van der Waals surface area contributed by atoms with Gasteiger partial charge in [-0.2, -0.15) is 0 Å². The number of ether oxygens (including phenoxy) is 2. The average Bonchev–Trinajstić information content (AvgIpc) is 4.24. The number of likely N-dealkylation sites (N-methyl/N-ethyl adjacent to an activating group) is 2. The number of nitrogens with zero attached hydrogens (tertiary/aromatic N) is 9. The lowest BCUT2D eigenvalue weighted by molar-refractivity contribution is -0.135. The van der Waals surface area contributed by atoms with Crippen molar-refractivity contribution in [2.45, 2.75) is 55.4 Å². The zero-order valence-corrected chi connectivity index (χ0v) is 39.6. The van der Waals surface area contributed by atoms with Gasteiger partial charge in [0, 0.05) is 114 Å². The molecular formula is C49H63N13O6. The first-order chi connectivity index (χ1) is 32.9. The number of morpholine rings is 2. The van der Waals surface area contributed by atoms with Gasteiger partial charge in [-0.15, -0.1) is 0 Å². The molecule has 2 aromatic carbocycles. The molecule has 6 aliphatic rings. The van der Waals surface area contributed by atoms with Gasteiger partial charge in [0.1, 0.15) is 11.6 Å². The molecule has 4 N–H and O–H groups in total. The molecule has 68 heavy (non-hydrogen) atoms. The van der Waals surface area contributed by atoms with E-state index in [2.05, 4.69) is 43.0 Å². The fourth-order valence-electron chi connectivity index (χ4n) is 8.85. The second-order valence-electron chi connectivity index (χ2n) is 18.8. The monoisotopic (exact) mass is 930 g/mol. The van der Waals surface area contributed by atoms with Crippen molar-refractivity contribution in [3.8, 4) is 22.8 Å². The quantitative estimate of drug-likeness (QED) is 0.169. The molecule has 4 aromatic rings. The molecule has 0 unspecified atom stereocenters. The van der Waals surface area contributed by atoms with Gasteiger partial charge in [-0.25, -0.2) is 29.5 Å². The van der Waals surface area contributed by atoms with Crippen LogP contribution in [0, 0.1) is 0 Å². The highest BCUT2D eigenvalue weighted by Gasteiger charge is 2.55. The van der Waals surface area contributed by atoms with Gasteiger partial charge in [0.05, 0.1) is 48.6 Å². The summed E-state index contributed by atoms with van der Waals surface area (Å²) in [6.45, 7) is 8.93. The number of benzene rings is 2. The Hall–Kier alpha value is -6.44. The average molecular weight is 930 g/mol. The SMILES string of the molecule is CN(C)C(=O)C1(c2cc(N3CCOCC3)nc(-c3ccc(NC(=O)NC4CC4)cc3)n2)CC1.CNC(=O)Nc1ccc(-c2nc(N3CCOCC3)cc(C3(C(=O)N4CCN(C)CC4)CC3)n2)cc1. The second kappa shape index (κ2) is 20.0. The summed E-state index contributed by atoms with van der Waals surface area (Å²) in [6.07, 6.45) is 5.30. The van der Waals surface area contributed by atoms with Crippen LogP contribution in [0.1, 0.15) is 49.9 Å². The van der Waals surface area contributed by atoms with Gasteiger partial charge in [0.2, 0.25) is 11.8 Å². The molecule has 3 saturated heterocycles. The Bertz CT molecular complexity index is 2460. The molecule has 0 spiro atoms. The first-order valence-corrected chi connectivity index (χ1v) is 23.8. The van der Waals surface area contributed by atoms with Crippen molar-refractivity contribution < 1.29 is 28.7 Å². The highest BCUT2D eigenvalue weighted by molar-refractivity contribution is 5.93. The Morgan fingerprint density at radius 3 is 1.50 bits per heavy atom. The highest BCUT2D eigenvalue weighted by Crippen LogP contribution is 2.51. The van der Waals surface area contributed by atoms with Crippen molar-refractivity contribution in [3.05, 3.63) is 72.1 Å². The molecule has 19 heteroatoms. The van der Waals surface area contributed by atoms with Gasteiger partial charge in [-0.3, -0.25) is 9.59 Å². The van der Waals surface area contributed by atoms with Crippen LogP contribution in [0.15, 0.2) is 60.7 Å². The number of nitrogens with one attached hydrogen (secondary N) is 4. The van der Waals surface area contributed by atoms with Gasteiger partial charge in [-0.05, 0) is 94.1 Å². The summed E-state index contributed by atoms with van der Waals surface area (Å²) in [7, 11) is 7.25. The lowest BCUT2D eigenvalue weighted by Gasteiger charge is -2.35. The van der Waals surface area contributed by atoms with Gasteiger partial charge < -0.3 is 55.2 Å². The van der Waals surface area contributed by atoms with Gasteiger partial charge >= 0.3 is 12.1 Å². The maximum Gasteiger partial charge on any atom is 0.319 e. The van der Waals surface area contributed by atoms with Crippen LogP contribution in [0.4, 0.5) is 32.6 Å². The van der Waals surface area contributed by atoms with E-state index in [4.69, 9.17) is 29.4 Å². The summed E-state index contributed by atoms with van der Waals surface area (Å²) in [5.74, 6) is 3.10. The van der Waals surface area contributed by atoms with Crippen LogP contribution in [-0.4, -0.2) is 172 Å². The summed E-state index contributed by atoms with van der Waals surface area (Å²) < 4.78 is 11.0. The molecule has 0 atom stereocenters. The van der Waals surface area contributed by atoms with E-state index >= 15 is 0 Å². The van der Waals surface area contributed by atoms with E-state index in [1.807, 2.05) is 65.6 Å². The standard InChI is InChI=1S/C25H33N7O3.C24H30N6O3/c1-26-24(34)27-19-5-3-18(4-6-19)22-28-20(17-21(29-22)31-13-15-35-16-14-31)25(7-8-25)23(33)32-11-9-30(2)10-12-32;1-29(2)22(31)24(9-10-24)19-15-20(30-11-13-33-14-12-30)28-21(27-19)16-3-5-17(6-4-16)25-23(32)26-18-7-8-18/h3-6,17H,7-16H2,1-2H3,(H2,26,27,34);3-6,15,18H,7-14H2,1-2H3,(H2,25,26,32). The number of carbonyl (C=O) groups excluding carboxylic acids is 4. The van der Waals surface area contributed by atoms with Crippen molar-refractivity contribution in [1.29, 1.82) is 0 Å². The Balaban J connectivity index is 0.000000170. The van der Waals surface area contributed by atoms with Crippen LogP contribution in [0.5, 0.6) is 0 Å². The predicted octanol–water partition coefficient (Wildman–Crippen LogP) is 3.92. The van der Waals surface area contributed by atoms with Crippen molar-refractivity contribution in [2.75, 3.05) is 127 Å². The zero-order chi connectivity index (χ0) is 47.4. The Labute approximate surface area is 397 Å². The molecule has 3 aliphatic heterocycles. The Morgan fingerprint density at radius 2 is 1.07 bits per heavy atom. The van der Waals surface area contributed by atoms with Crippen LogP contribution < -0.4 is 31.1 Å². The largest absolute Gasteiger partial charge is 0.378 e. The first-order valence-electron chi connectivity index (χ1n) is 23.8. The molecule has 5 heterocycles. The van der Waals surface area contributed by atoms with Crippen LogP contribution >= 0.6 is 0 Å². The predicted molar refractivity (Wildman–Crippen MR) is 259 cm³/mol. The van der Waals surface area contributed by atoms with Crippen LogP contribution in [-0.2, 0) is 29.9 Å². The van der Waals surface area contributed by atoms with Crippen LogP contribution in [0.25, 0.3) is 22.8 Å².